The molecule has 0 atom stereocenters. The SMILES string of the molecule is CCn1nc(C)cc1Cn1c(C(=O)O)cccc1=O. The highest BCUT2D eigenvalue weighted by atomic mass is 16.4. The van der Waals surface area contributed by atoms with Crippen LogP contribution < -0.4 is 5.56 Å². The molecule has 2 rings (SSSR count). The highest BCUT2D eigenvalue weighted by Crippen LogP contribution is 2.07. The van der Waals surface area contributed by atoms with Crippen molar-refractivity contribution >= 4 is 5.97 Å². The van der Waals surface area contributed by atoms with Crippen LogP contribution in [0.25, 0.3) is 0 Å². The van der Waals surface area contributed by atoms with Crippen LogP contribution in [0.4, 0.5) is 0 Å². The van der Waals surface area contributed by atoms with Crippen LogP contribution in [0.3, 0.4) is 0 Å². The lowest BCUT2D eigenvalue weighted by molar-refractivity contribution is 0.0684. The van der Waals surface area contributed by atoms with E-state index in [9.17, 15) is 9.59 Å². The van der Waals surface area contributed by atoms with Crippen LogP contribution in [0, 0.1) is 6.92 Å². The molecule has 19 heavy (non-hydrogen) atoms. The molecule has 0 bridgehead atoms. The minimum absolute atomic E-state index is 0.0194. The number of pyridine rings is 1. The van der Waals surface area contributed by atoms with Crippen LogP contribution in [-0.4, -0.2) is 25.4 Å². The summed E-state index contributed by atoms with van der Waals surface area (Å²) in [6, 6.07) is 6.08. The second-order valence-electron chi connectivity index (χ2n) is 4.23. The van der Waals surface area contributed by atoms with E-state index in [0.29, 0.717) is 6.54 Å². The van der Waals surface area contributed by atoms with Gasteiger partial charge in [0.05, 0.1) is 17.9 Å². The zero-order valence-electron chi connectivity index (χ0n) is 10.8. The Bertz CT molecular complexity index is 670. The van der Waals surface area contributed by atoms with E-state index in [1.807, 2.05) is 19.9 Å². The molecule has 100 valence electrons. The first-order valence-electron chi connectivity index (χ1n) is 5.99. The van der Waals surface area contributed by atoms with Gasteiger partial charge in [-0.15, -0.1) is 0 Å². The highest BCUT2D eigenvalue weighted by Gasteiger charge is 2.13. The van der Waals surface area contributed by atoms with E-state index < -0.39 is 5.97 Å². The Kier molecular flexibility index (Phi) is 3.50. The number of hydrogen-bond donors (Lipinski definition) is 1. The smallest absolute Gasteiger partial charge is 0.352 e. The second kappa shape index (κ2) is 5.09. The molecular formula is C13H15N3O3. The summed E-state index contributed by atoms with van der Waals surface area (Å²) >= 11 is 0. The van der Waals surface area contributed by atoms with Gasteiger partial charge in [-0.05, 0) is 26.0 Å². The van der Waals surface area contributed by atoms with Crippen LogP contribution in [0.1, 0.15) is 28.8 Å². The molecule has 0 spiro atoms. The van der Waals surface area contributed by atoms with E-state index in [1.165, 1.54) is 22.8 Å². The van der Waals surface area contributed by atoms with E-state index >= 15 is 0 Å². The van der Waals surface area contributed by atoms with Crippen LogP contribution >= 0.6 is 0 Å². The standard InChI is InChI=1S/C13H15N3O3/c1-3-16-10(7-9(2)14-16)8-15-11(13(18)19)5-4-6-12(15)17/h4-7H,3,8H2,1-2H3,(H,18,19). The topological polar surface area (TPSA) is 77.1 Å². The predicted molar refractivity (Wildman–Crippen MR) is 69.4 cm³/mol. The number of rotatable bonds is 4. The number of nitrogens with zero attached hydrogens (tertiary/aromatic N) is 3. The third-order valence-corrected chi connectivity index (χ3v) is 2.87. The summed E-state index contributed by atoms with van der Waals surface area (Å²) in [4.78, 5) is 23.0. The molecule has 0 amide bonds. The molecule has 2 heterocycles. The number of carboxylic acids is 1. The van der Waals surface area contributed by atoms with Gasteiger partial charge in [0.2, 0.25) is 0 Å². The number of carboxylic acid groups (broad SMARTS) is 1. The van der Waals surface area contributed by atoms with Crippen LogP contribution in [0.5, 0.6) is 0 Å². The van der Waals surface area contributed by atoms with Crippen molar-refractivity contribution in [2.75, 3.05) is 0 Å². The number of hydrogen-bond acceptors (Lipinski definition) is 3. The van der Waals surface area contributed by atoms with Crippen LogP contribution in [-0.2, 0) is 13.1 Å². The minimum Gasteiger partial charge on any atom is -0.477 e. The third-order valence-electron chi connectivity index (χ3n) is 2.87. The molecule has 0 aromatic carbocycles. The van der Waals surface area contributed by atoms with Gasteiger partial charge in [-0.25, -0.2) is 4.79 Å². The normalized spacial score (nSPS) is 10.6. The summed E-state index contributed by atoms with van der Waals surface area (Å²) in [7, 11) is 0. The van der Waals surface area contributed by atoms with Gasteiger partial charge in [-0.1, -0.05) is 6.07 Å². The summed E-state index contributed by atoms with van der Waals surface area (Å²) in [5.41, 5.74) is 1.31. The predicted octanol–water partition coefficient (Wildman–Crippen LogP) is 1.12. The fraction of sp³-hybridized carbons (Fsp3) is 0.308. The third kappa shape index (κ3) is 2.57. The second-order valence-corrected chi connectivity index (χ2v) is 4.23. The van der Waals surface area contributed by atoms with Gasteiger partial charge >= 0.3 is 5.97 Å². The van der Waals surface area contributed by atoms with Crippen molar-refractivity contribution in [1.29, 1.82) is 0 Å². The van der Waals surface area contributed by atoms with Crippen LogP contribution in [0.15, 0.2) is 29.1 Å². The molecule has 0 radical (unpaired) electrons. The van der Waals surface area contributed by atoms with E-state index in [4.69, 9.17) is 5.11 Å². The average molecular weight is 261 g/mol. The van der Waals surface area contributed by atoms with Gasteiger partial charge in [0.15, 0.2) is 0 Å². The summed E-state index contributed by atoms with van der Waals surface area (Å²) in [5.74, 6) is -1.11. The zero-order valence-corrected chi connectivity index (χ0v) is 10.8. The molecule has 6 heteroatoms. The maximum absolute atomic E-state index is 11.8. The van der Waals surface area contributed by atoms with E-state index in [2.05, 4.69) is 5.10 Å². The Balaban J connectivity index is 2.48. The summed E-state index contributed by atoms with van der Waals surface area (Å²) in [6.45, 7) is 4.69. The Morgan fingerprint density at radius 1 is 1.42 bits per heavy atom. The Labute approximate surface area is 109 Å². The first-order chi connectivity index (χ1) is 9.02. The minimum atomic E-state index is -1.11. The molecule has 0 saturated carbocycles. The largest absolute Gasteiger partial charge is 0.477 e. The quantitative estimate of drug-likeness (QED) is 0.894. The van der Waals surface area contributed by atoms with Gasteiger partial charge in [0, 0.05) is 12.6 Å². The van der Waals surface area contributed by atoms with Crippen molar-refractivity contribution in [3.05, 3.63) is 51.7 Å². The molecule has 0 fully saturated rings. The molecule has 2 aromatic heterocycles. The van der Waals surface area contributed by atoms with Crippen molar-refractivity contribution in [2.24, 2.45) is 0 Å². The maximum Gasteiger partial charge on any atom is 0.352 e. The Morgan fingerprint density at radius 2 is 2.16 bits per heavy atom. The molecule has 0 saturated heterocycles. The van der Waals surface area contributed by atoms with Gasteiger partial charge in [-0.3, -0.25) is 14.0 Å². The molecule has 1 N–H and O–H groups in total. The van der Waals surface area contributed by atoms with Crippen molar-refractivity contribution in [3.8, 4) is 0 Å². The number of carbonyl (C=O) groups is 1. The zero-order chi connectivity index (χ0) is 14.0. The highest BCUT2D eigenvalue weighted by molar-refractivity contribution is 5.85. The lowest BCUT2D eigenvalue weighted by Crippen LogP contribution is -2.26. The first-order valence-corrected chi connectivity index (χ1v) is 5.99. The number of aromatic nitrogens is 3. The molecule has 6 nitrogen and oxygen atoms in total. The van der Waals surface area contributed by atoms with Gasteiger partial charge < -0.3 is 5.11 Å². The van der Waals surface area contributed by atoms with Gasteiger partial charge in [0.25, 0.3) is 5.56 Å². The molecule has 0 unspecified atom stereocenters. The summed E-state index contributed by atoms with van der Waals surface area (Å²) < 4.78 is 3.01. The summed E-state index contributed by atoms with van der Waals surface area (Å²) in [5, 5.41) is 13.4. The van der Waals surface area contributed by atoms with Crippen molar-refractivity contribution in [3.63, 3.8) is 0 Å². The number of aromatic carboxylic acids is 1. The fourth-order valence-corrected chi connectivity index (χ4v) is 2.03. The molecular weight excluding hydrogens is 246 g/mol. The number of aryl methyl sites for hydroxylation is 2. The Hall–Kier alpha value is -2.37. The van der Waals surface area contributed by atoms with E-state index in [0.717, 1.165) is 11.4 Å². The summed E-state index contributed by atoms with van der Waals surface area (Å²) in [6.07, 6.45) is 0. The van der Waals surface area contributed by atoms with Crippen molar-refractivity contribution in [1.82, 2.24) is 14.3 Å². The monoisotopic (exact) mass is 261 g/mol. The lowest BCUT2D eigenvalue weighted by Gasteiger charge is -2.10. The maximum atomic E-state index is 11.8. The Morgan fingerprint density at radius 3 is 2.79 bits per heavy atom. The van der Waals surface area contributed by atoms with E-state index in [1.54, 1.807) is 4.68 Å². The lowest BCUT2D eigenvalue weighted by atomic mass is 10.3. The van der Waals surface area contributed by atoms with E-state index in [-0.39, 0.29) is 17.8 Å². The molecule has 0 aliphatic rings. The average Bonchev–Trinajstić information content (AvgIpc) is 2.71. The molecule has 0 aliphatic carbocycles. The molecule has 2 aromatic rings. The van der Waals surface area contributed by atoms with Crippen molar-refractivity contribution < 1.29 is 9.90 Å². The van der Waals surface area contributed by atoms with Crippen LogP contribution in [0.2, 0.25) is 0 Å². The van der Waals surface area contributed by atoms with Gasteiger partial charge in [-0.2, -0.15) is 5.10 Å². The fourth-order valence-electron chi connectivity index (χ4n) is 2.03. The first kappa shape index (κ1) is 13.1. The van der Waals surface area contributed by atoms with Crippen molar-refractivity contribution in [2.45, 2.75) is 26.9 Å². The van der Waals surface area contributed by atoms with Gasteiger partial charge in [0.1, 0.15) is 5.69 Å². The molecule has 0 aliphatic heterocycles.